The Labute approximate surface area is 268 Å². The summed E-state index contributed by atoms with van der Waals surface area (Å²) in [5, 5.41) is 8.98. The van der Waals surface area contributed by atoms with Gasteiger partial charge in [0.2, 0.25) is 0 Å². The Kier molecular flexibility index (Phi) is 7.45. The quantitative estimate of drug-likeness (QED) is 0.122. The number of carbonyl (C=O) groups is 4. The number of nitrogens with one attached hydrogen (secondary N) is 2. The van der Waals surface area contributed by atoms with Gasteiger partial charge in [0.15, 0.2) is 0 Å². The van der Waals surface area contributed by atoms with Crippen molar-refractivity contribution in [2.45, 2.75) is 125 Å². The number of methoxy groups -OCH3 is 1. The fourth-order valence-electron chi connectivity index (χ4n) is 11.7. The van der Waals surface area contributed by atoms with Gasteiger partial charge < -0.3 is 14.9 Å². The summed E-state index contributed by atoms with van der Waals surface area (Å²) in [6.07, 6.45) is 12.2. The van der Waals surface area contributed by atoms with Crippen LogP contribution in [0.25, 0.3) is 0 Å². The van der Waals surface area contributed by atoms with Crippen molar-refractivity contribution in [2.24, 2.45) is 55.4 Å². The summed E-state index contributed by atoms with van der Waals surface area (Å²) in [7, 11) is 1.56. The molecule has 0 aromatic rings. The van der Waals surface area contributed by atoms with Crippen LogP contribution in [0.2, 0.25) is 0 Å². The second-order valence-corrected chi connectivity index (χ2v) is 17.3. The van der Waals surface area contributed by atoms with Gasteiger partial charge in [-0.25, -0.2) is 9.59 Å². The predicted octanol–water partition coefficient (Wildman–Crippen LogP) is 6.46. The maximum Gasteiger partial charge on any atom is 0.337 e. The largest absolute Gasteiger partial charge is 0.469 e. The van der Waals surface area contributed by atoms with E-state index in [9.17, 15) is 19.2 Å². The second-order valence-electron chi connectivity index (χ2n) is 17.3. The number of urea groups is 1. The highest BCUT2D eigenvalue weighted by molar-refractivity contribution is 6.05. The van der Waals surface area contributed by atoms with Gasteiger partial charge in [0.25, 0.3) is 5.91 Å². The van der Waals surface area contributed by atoms with Gasteiger partial charge in [-0.1, -0.05) is 65.3 Å². The molecule has 3 amide bonds. The third kappa shape index (κ3) is 4.63. The zero-order valence-corrected chi connectivity index (χ0v) is 28.6. The Bertz CT molecular complexity index is 1380. The molecule has 0 unspecified atom stereocenters. The lowest BCUT2D eigenvalue weighted by Gasteiger charge is -2.70. The fourth-order valence-corrected chi connectivity index (χ4v) is 11.7. The first-order valence-corrected chi connectivity index (χ1v) is 17.1. The summed E-state index contributed by atoms with van der Waals surface area (Å²) in [4.78, 5) is 54.7. The summed E-state index contributed by atoms with van der Waals surface area (Å²) in [6.45, 7) is 16.8. The molecular weight excluding hydrogens is 570 g/mol. The van der Waals surface area contributed by atoms with E-state index in [1.54, 1.807) is 7.11 Å². The maximum atomic E-state index is 13.5. The van der Waals surface area contributed by atoms with Crippen LogP contribution >= 0.6 is 0 Å². The standard InChI is InChI=1S/C36H53N3O6/c1-31(2)15-17-36(29(42)44-8)18-16-34(6)21(22(36)20-31)9-10-25-33(5)13-12-26(32(3,4)24(33)11-14-35(25,34)7)39-45-27(40)19-23-28(41)38-30(43)37-23/h9,22-25H,10-20H2,1-8H3,(H2,37,38,41,43)/b39-26-/t22-,23-,24+,25-,33+,34-,35-,36+/m1/s1. The van der Waals surface area contributed by atoms with E-state index in [-0.39, 0.29) is 45.4 Å². The van der Waals surface area contributed by atoms with E-state index in [0.717, 1.165) is 69.9 Å². The van der Waals surface area contributed by atoms with Gasteiger partial charge in [-0.05, 0) is 104 Å². The Morgan fingerprint density at radius 2 is 1.67 bits per heavy atom. The molecule has 2 N–H and O–H groups in total. The monoisotopic (exact) mass is 623 g/mol. The molecule has 0 aromatic heterocycles. The van der Waals surface area contributed by atoms with E-state index >= 15 is 0 Å². The number of allylic oxidation sites excluding steroid dienone is 2. The van der Waals surface area contributed by atoms with Crippen LogP contribution in [0.5, 0.6) is 0 Å². The van der Waals surface area contributed by atoms with Gasteiger partial charge in [-0.15, -0.1) is 0 Å². The van der Waals surface area contributed by atoms with Crippen molar-refractivity contribution in [3.63, 3.8) is 0 Å². The molecule has 1 saturated heterocycles. The molecule has 0 bridgehead atoms. The SMILES string of the molecule is COC(=O)[C@]12CCC(C)(C)C[C@@H]1C1=CC[C@@H]3[C@@]4(C)CC/C(=N/OC(=O)C[C@H]5NC(=O)NC5=O)C(C)(C)[C@@H]4CC[C@@]3(C)[C@]1(C)CC2. The van der Waals surface area contributed by atoms with E-state index in [1.807, 2.05) is 0 Å². The lowest BCUT2D eigenvalue weighted by Crippen LogP contribution is -2.64. The Morgan fingerprint density at radius 1 is 0.956 bits per heavy atom. The maximum absolute atomic E-state index is 13.5. The number of fused-ring (bicyclic) bond motifs is 7. The zero-order valence-electron chi connectivity index (χ0n) is 28.6. The van der Waals surface area contributed by atoms with Gasteiger partial charge >= 0.3 is 18.0 Å². The first-order chi connectivity index (χ1) is 20.9. The average Bonchev–Trinajstić information content (AvgIpc) is 3.27. The molecule has 5 fully saturated rings. The van der Waals surface area contributed by atoms with Crippen molar-refractivity contribution < 1.29 is 28.8 Å². The van der Waals surface area contributed by atoms with E-state index in [4.69, 9.17) is 9.57 Å². The van der Waals surface area contributed by atoms with Crippen molar-refractivity contribution in [2.75, 3.05) is 7.11 Å². The van der Waals surface area contributed by atoms with Crippen LogP contribution in [0.1, 0.15) is 119 Å². The number of rotatable bonds is 4. The Hall–Kier alpha value is -2.71. The topological polar surface area (TPSA) is 123 Å². The zero-order chi connectivity index (χ0) is 32.8. The molecule has 45 heavy (non-hydrogen) atoms. The van der Waals surface area contributed by atoms with Crippen molar-refractivity contribution >= 4 is 29.6 Å². The minimum absolute atomic E-state index is 0.00768. The molecule has 4 saturated carbocycles. The highest BCUT2D eigenvalue weighted by Crippen LogP contribution is 2.75. The molecule has 1 heterocycles. The van der Waals surface area contributed by atoms with Gasteiger partial charge in [0.05, 0.1) is 24.7 Å². The van der Waals surface area contributed by atoms with Crippen molar-refractivity contribution in [3.05, 3.63) is 11.6 Å². The van der Waals surface area contributed by atoms with Gasteiger partial charge in [-0.3, -0.25) is 14.9 Å². The highest BCUT2D eigenvalue weighted by Gasteiger charge is 2.69. The van der Waals surface area contributed by atoms with Crippen LogP contribution in [-0.4, -0.2) is 42.7 Å². The number of esters is 1. The molecule has 248 valence electrons. The molecular formula is C36H53N3O6. The summed E-state index contributed by atoms with van der Waals surface area (Å²) in [5.74, 6) is -0.0635. The summed E-state index contributed by atoms with van der Waals surface area (Å²) in [5.41, 5.74) is 2.17. The molecule has 6 aliphatic rings. The van der Waals surface area contributed by atoms with Gasteiger partial charge in [0.1, 0.15) is 6.04 Å². The average molecular weight is 624 g/mol. The molecule has 9 nitrogen and oxygen atoms in total. The van der Waals surface area contributed by atoms with Crippen molar-refractivity contribution in [3.8, 4) is 0 Å². The number of ether oxygens (including phenoxy) is 1. The van der Waals surface area contributed by atoms with Gasteiger partial charge in [-0.2, -0.15) is 0 Å². The number of hydrogen-bond donors (Lipinski definition) is 2. The predicted molar refractivity (Wildman–Crippen MR) is 170 cm³/mol. The van der Waals surface area contributed by atoms with Crippen LogP contribution in [0.15, 0.2) is 16.8 Å². The lowest BCUT2D eigenvalue weighted by molar-refractivity contribution is -0.181. The number of hydrogen-bond acceptors (Lipinski definition) is 7. The summed E-state index contributed by atoms with van der Waals surface area (Å²) in [6, 6.07) is -1.52. The molecule has 0 radical (unpaired) electrons. The van der Waals surface area contributed by atoms with E-state index in [2.05, 4.69) is 70.3 Å². The van der Waals surface area contributed by atoms with E-state index in [1.165, 1.54) is 5.57 Å². The fraction of sp³-hybridized carbons (Fsp3) is 0.806. The molecule has 1 aliphatic heterocycles. The lowest BCUT2D eigenvalue weighted by atomic mass is 9.33. The third-order valence-electron chi connectivity index (χ3n) is 14.5. The van der Waals surface area contributed by atoms with Crippen molar-refractivity contribution in [1.29, 1.82) is 0 Å². The molecule has 0 aromatic carbocycles. The summed E-state index contributed by atoms with van der Waals surface area (Å²) >= 11 is 0. The first-order valence-electron chi connectivity index (χ1n) is 17.1. The van der Waals surface area contributed by atoms with Gasteiger partial charge in [0, 0.05) is 5.41 Å². The number of carbonyl (C=O) groups excluding carboxylic acids is 4. The Balaban J connectivity index is 1.26. The highest BCUT2D eigenvalue weighted by atomic mass is 16.7. The molecule has 9 heteroatoms. The molecule has 6 rings (SSSR count). The number of nitrogens with zero attached hydrogens (tertiary/aromatic N) is 1. The molecule has 8 atom stereocenters. The molecule has 0 spiro atoms. The molecule has 5 aliphatic carbocycles. The van der Waals surface area contributed by atoms with Crippen LogP contribution in [0.3, 0.4) is 0 Å². The second kappa shape index (κ2) is 10.4. The number of imide groups is 1. The van der Waals surface area contributed by atoms with Crippen molar-refractivity contribution in [1.82, 2.24) is 10.6 Å². The van der Waals surface area contributed by atoms with Crippen LogP contribution in [0, 0.1) is 50.2 Å². The normalized spacial score (nSPS) is 43.8. The third-order valence-corrected chi connectivity index (χ3v) is 14.5. The van der Waals surface area contributed by atoms with E-state index < -0.39 is 29.4 Å². The number of amides is 3. The smallest absolute Gasteiger partial charge is 0.337 e. The van der Waals surface area contributed by atoms with Crippen LogP contribution in [0.4, 0.5) is 4.79 Å². The minimum atomic E-state index is -0.924. The van der Waals surface area contributed by atoms with Crippen LogP contribution < -0.4 is 10.6 Å². The Morgan fingerprint density at radius 3 is 2.33 bits per heavy atom. The minimum Gasteiger partial charge on any atom is -0.469 e. The van der Waals surface area contributed by atoms with E-state index in [0.29, 0.717) is 11.8 Å². The first kappa shape index (κ1) is 32.2. The number of oxime groups is 1. The van der Waals surface area contributed by atoms with Crippen LogP contribution in [-0.2, 0) is 24.0 Å². The summed E-state index contributed by atoms with van der Waals surface area (Å²) < 4.78 is 5.52.